The lowest BCUT2D eigenvalue weighted by Crippen LogP contribution is -2.01. The number of ether oxygens (including phenoxy) is 1. The monoisotopic (exact) mass is 146 g/mol. The van der Waals surface area contributed by atoms with Crippen molar-refractivity contribution in [2.24, 2.45) is 0 Å². The average Bonchev–Trinajstić information content (AvgIpc) is 2.06. The van der Waals surface area contributed by atoms with Gasteiger partial charge in [-0.25, -0.2) is 0 Å². The summed E-state index contributed by atoms with van der Waals surface area (Å²) in [6, 6.07) is 6.18. The predicted octanol–water partition coefficient (Wildman–Crippen LogP) is 2.40. The van der Waals surface area contributed by atoms with Crippen LogP contribution in [0.1, 0.15) is 11.1 Å². The number of benzene rings is 1. The Kier molecular flexibility index (Phi) is 1.42. The Morgan fingerprint density at radius 3 is 3.09 bits per heavy atom. The van der Waals surface area contributed by atoms with Crippen molar-refractivity contribution in [2.75, 3.05) is 6.61 Å². The minimum Gasteiger partial charge on any atom is -0.489 e. The third kappa shape index (κ3) is 1.03. The van der Waals surface area contributed by atoms with Gasteiger partial charge < -0.3 is 4.74 Å². The highest BCUT2D eigenvalue weighted by Crippen LogP contribution is 2.26. The lowest BCUT2D eigenvalue weighted by Gasteiger charge is -2.13. The van der Waals surface area contributed by atoms with E-state index >= 15 is 0 Å². The van der Waals surface area contributed by atoms with Crippen molar-refractivity contribution >= 4 is 6.08 Å². The molecule has 1 aliphatic heterocycles. The van der Waals surface area contributed by atoms with Gasteiger partial charge in [0.25, 0.3) is 0 Å². The van der Waals surface area contributed by atoms with E-state index in [0.717, 1.165) is 5.75 Å². The summed E-state index contributed by atoms with van der Waals surface area (Å²) in [6.45, 7) is 2.77. The Labute approximate surface area is 66.3 Å². The van der Waals surface area contributed by atoms with Gasteiger partial charge >= 0.3 is 0 Å². The van der Waals surface area contributed by atoms with Crippen LogP contribution in [0.4, 0.5) is 0 Å². The Morgan fingerprint density at radius 1 is 1.36 bits per heavy atom. The van der Waals surface area contributed by atoms with Gasteiger partial charge in [0.1, 0.15) is 12.4 Å². The number of hydrogen-bond donors (Lipinski definition) is 0. The molecule has 0 unspecified atom stereocenters. The van der Waals surface area contributed by atoms with Gasteiger partial charge in [0.15, 0.2) is 0 Å². The van der Waals surface area contributed by atoms with Crippen LogP contribution in [0.2, 0.25) is 0 Å². The first-order chi connectivity index (χ1) is 5.38. The molecule has 0 amide bonds. The van der Waals surface area contributed by atoms with E-state index in [1.54, 1.807) is 0 Å². The molecule has 0 radical (unpaired) electrons. The maximum atomic E-state index is 5.47. The number of rotatable bonds is 0. The van der Waals surface area contributed by atoms with E-state index in [1.165, 1.54) is 11.1 Å². The summed E-state index contributed by atoms with van der Waals surface area (Å²) in [6.07, 6.45) is 4.13. The van der Waals surface area contributed by atoms with Gasteiger partial charge in [0, 0.05) is 5.56 Å². The quantitative estimate of drug-likeness (QED) is 0.546. The highest BCUT2D eigenvalue weighted by Gasteiger charge is 2.06. The van der Waals surface area contributed by atoms with Crippen LogP contribution in [0.5, 0.6) is 5.75 Å². The first-order valence-corrected chi connectivity index (χ1v) is 3.77. The molecule has 0 aliphatic carbocycles. The summed E-state index contributed by atoms with van der Waals surface area (Å²) >= 11 is 0. The standard InChI is InChI=1S/C10H10O/c1-8-4-2-5-9-6-3-7-11-10(8)9/h2-6H,7H2,1H3. The molecule has 1 heterocycles. The zero-order valence-electron chi connectivity index (χ0n) is 6.50. The zero-order chi connectivity index (χ0) is 7.68. The van der Waals surface area contributed by atoms with Gasteiger partial charge in [-0.1, -0.05) is 24.3 Å². The molecule has 56 valence electrons. The lowest BCUT2D eigenvalue weighted by molar-refractivity contribution is 0.356. The van der Waals surface area contributed by atoms with Gasteiger partial charge in [0.2, 0.25) is 0 Å². The van der Waals surface area contributed by atoms with Crippen LogP contribution in [0.3, 0.4) is 0 Å². The highest BCUT2D eigenvalue weighted by atomic mass is 16.5. The number of fused-ring (bicyclic) bond motifs is 1. The maximum Gasteiger partial charge on any atom is 0.129 e. The second kappa shape index (κ2) is 2.42. The molecule has 0 bridgehead atoms. The van der Waals surface area contributed by atoms with Gasteiger partial charge in [-0.15, -0.1) is 0 Å². The third-order valence-corrected chi connectivity index (χ3v) is 1.86. The topological polar surface area (TPSA) is 9.23 Å². The molecular weight excluding hydrogens is 136 g/mol. The third-order valence-electron chi connectivity index (χ3n) is 1.86. The molecule has 1 aromatic rings. The molecule has 1 aliphatic rings. The molecule has 0 atom stereocenters. The van der Waals surface area contributed by atoms with Crippen LogP contribution < -0.4 is 4.74 Å². The van der Waals surface area contributed by atoms with Crippen molar-refractivity contribution in [2.45, 2.75) is 6.92 Å². The molecule has 2 rings (SSSR count). The predicted molar refractivity (Wildman–Crippen MR) is 45.7 cm³/mol. The fourth-order valence-electron chi connectivity index (χ4n) is 1.31. The molecule has 1 nitrogen and oxygen atoms in total. The second-order valence-electron chi connectivity index (χ2n) is 2.71. The van der Waals surface area contributed by atoms with Crippen molar-refractivity contribution < 1.29 is 4.74 Å². The SMILES string of the molecule is Cc1cccc2c1OCC=C2. The molecule has 0 N–H and O–H groups in total. The summed E-state index contributed by atoms with van der Waals surface area (Å²) < 4.78 is 5.47. The van der Waals surface area contributed by atoms with E-state index < -0.39 is 0 Å². The molecule has 0 aromatic heterocycles. The number of para-hydroxylation sites is 1. The minimum absolute atomic E-state index is 0.706. The fraction of sp³-hybridized carbons (Fsp3) is 0.200. The van der Waals surface area contributed by atoms with Gasteiger partial charge in [-0.3, -0.25) is 0 Å². The minimum atomic E-state index is 0.706. The normalized spacial score (nSPS) is 13.9. The van der Waals surface area contributed by atoms with E-state index in [-0.39, 0.29) is 0 Å². The van der Waals surface area contributed by atoms with Crippen LogP contribution in [-0.2, 0) is 0 Å². The first-order valence-electron chi connectivity index (χ1n) is 3.77. The van der Waals surface area contributed by atoms with Crippen molar-refractivity contribution in [3.8, 4) is 5.75 Å². The van der Waals surface area contributed by atoms with E-state index in [2.05, 4.69) is 25.1 Å². The second-order valence-corrected chi connectivity index (χ2v) is 2.71. The molecule has 0 spiro atoms. The van der Waals surface area contributed by atoms with Crippen molar-refractivity contribution in [1.29, 1.82) is 0 Å². The maximum absolute atomic E-state index is 5.47. The van der Waals surface area contributed by atoms with E-state index in [9.17, 15) is 0 Å². The van der Waals surface area contributed by atoms with Crippen LogP contribution in [0.25, 0.3) is 6.08 Å². The van der Waals surface area contributed by atoms with Gasteiger partial charge in [-0.2, -0.15) is 0 Å². The summed E-state index contributed by atoms with van der Waals surface area (Å²) in [5.74, 6) is 1.04. The van der Waals surface area contributed by atoms with E-state index in [4.69, 9.17) is 4.74 Å². The molecule has 1 heteroatoms. The molecular formula is C10H10O. The Hall–Kier alpha value is -1.24. The van der Waals surface area contributed by atoms with E-state index in [0.29, 0.717) is 6.61 Å². The summed E-state index contributed by atoms with van der Waals surface area (Å²) in [4.78, 5) is 0. The molecule has 11 heavy (non-hydrogen) atoms. The van der Waals surface area contributed by atoms with Crippen molar-refractivity contribution in [3.63, 3.8) is 0 Å². The number of aryl methyl sites for hydroxylation is 1. The average molecular weight is 146 g/mol. The number of hydrogen-bond acceptors (Lipinski definition) is 1. The van der Waals surface area contributed by atoms with Gasteiger partial charge in [-0.05, 0) is 18.6 Å². The van der Waals surface area contributed by atoms with Gasteiger partial charge in [0.05, 0.1) is 0 Å². The van der Waals surface area contributed by atoms with Crippen LogP contribution in [0, 0.1) is 6.92 Å². The summed E-state index contributed by atoms with van der Waals surface area (Å²) in [7, 11) is 0. The van der Waals surface area contributed by atoms with Crippen LogP contribution >= 0.6 is 0 Å². The summed E-state index contributed by atoms with van der Waals surface area (Å²) in [5.41, 5.74) is 2.41. The zero-order valence-corrected chi connectivity index (χ0v) is 6.50. The first kappa shape index (κ1) is 6.47. The molecule has 0 saturated heterocycles. The van der Waals surface area contributed by atoms with Crippen molar-refractivity contribution in [3.05, 3.63) is 35.4 Å². The Morgan fingerprint density at radius 2 is 2.27 bits per heavy atom. The molecule has 1 aromatic carbocycles. The molecule has 0 saturated carbocycles. The fourth-order valence-corrected chi connectivity index (χ4v) is 1.31. The van der Waals surface area contributed by atoms with Crippen LogP contribution in [0.15, 0.2) is 24.3 Å². The summed E-state index contributed by atoms with van der Waals surface area (Å²) in [5, 5.41) is 0. The Bertz CT molecular complexity index is 300. The largest absolute Gasteiger partial charge is 0.489 e. The molecule has 0 fully saturated rings. The van der Waals surface area contributed by atoms with Crippen LogP contribution in [-0.4, -0.2) is 6.61 Å². The highest BCUT2D eigenvalue weighted by molar-refractivity contribution is 5.61. The van der Waals surface area contributed by atoms with Crippen molar-refractivity contribution in [1.82, 2.24) is 0 Å². The van der Waals surface area contributed by atoms with E-state index in [1.807, 2.05) is 12.1 Å². The Balaban J connectivity index is 2.60. The smallest absolute Gasteiger partial charge is 0.129 e. The lowest BCUT2D eigenvalue weighted by atomic mass is 10.1.